The van der Waals surface area contributed by atoms with E-state index in [-0.39, 0.29) is 17.7 Å². The second kappa shape index (κ2) is 6.27. The van der Waals surface area contributed by atoms with Crippen molar-refractivity contribution in [1.82, 2.24) is 10.9 Å². The van der Waals surface area contributed by atoms with Crippen molar-refractivity contribution in [3.8, 4) is 0 Å². The summed E-state index contributed by atoms with van der Waals surface area (Å²) in [5, 5.41) is 0. The smallest absolute Gasteiger partial charge is 0.273 e. The van der Waals surface area contributed by atoms with Crippen molar-refractivity contribution in [3.63, 3.8) is 0 Å². The second-order valence-electron chi connectivity index (χ2n) is 7.94. The highest BCUT2D eigenvalue weighted by molar-refractivity contribution is 7.14. The Morgan fingerprint density at radius 1 is 1.17 bits per heavy atom. The number of hydrogen-bond donors (Lipinski definition) is 2. The van der Waals surface area contributed by atoms with Gasteiger partial charge in [-0.1, -0.05) is 27.2 Å². The van der Waals surface area contributed by atoms with Crippen LogP contribution in [0.3, 0.4) is 0 Å². The van der Waals surface area contributed by atoms with Crippen molar-refractivity contribution in [3.05, 3.63) is 21.4 Å². The van der Waals surface area contributed by atoms with Crippen molar-refractivity contribution in [1.29, 1.82) is 0 Å². The van der Waals surface area contributed by atoms with E-state index in [0.717, 1.165) is 32.1 Å². The predicted octanol–water partition coefficient (Wildman–Crippen LogP) is 3.46. The Balaban J connectivity index is 1.60. The van der Waals surface area contributed by atoms with Gasteiger partial charge in [0.15, 0.2) is 0 Å². The lowest BCUT2D eigenvalue weighted by Crippen LogP contribution is -2.45. The zero-order chi connectivity index (χ0) is 16.6. The number of fused-ring (bicyclic) bond motifs is 1. The summed E-state index contributed by atoms with van der Waals surface area (Å²) in [5.41, 5.74) is 6.76. The molecule has 1 fully saturated rings. The molecule has 2 amide bonds. The monoisotopic (exact) mass is 334 g/mol. The summed E-state index contributed by atoms with van der Waals surface area (Å²) in [5.74, 6) is 0.501. The number of aryl methyl sites for hydroxylation is 1. The van der Waals surface area contributed by atoms with Crippen LogP contribution in [0, 0.1) is 17.3 Å². The van der Waals surface area contributed by atoms with Gasteiger partial charge in [0, 0.05) is 10.8 Å². The van der Waals surface area contributed by atoms with E-state index in [0.29, 0.717) is 16.2 Å². The van der Waals surface area contributed by atoms with E-state index in [1.54, 1.807) is 11.3 Å². The molecule has 0 unspecified atom stereocenters. The fourth-order valence-corrected chi connectivity index (χ4v) is 4.43. The summed E-state index contributed by atoms with van der Waals surface area (Å²) in [7, 11) is 0. The molecule has 23 heavy (non-hydrogen) atoms. The van der Waals surface area contributed by atoms with E-state index < -0.39 is 0 Å². The molecular weight excluding hydrogens is 308 g/mol. The summed E-state index contributed by atoms with van der Waals surface area (Å²) >= 11 is 1.57. The third-order valence-electron chi connectivity index (χ3n) is 5.31. The number of amides is 2. The van der Waals surface area contributed by atoms with Crippen molar-refractivity contribution < 1.29 is 9.59 Å². The molecule has 2 aliphatic carbocycles. The first-order valence-electron chi connectivity index (χ1n) is 8.56. The molecule has 3 rings (SSSR count). The van der Waals surface area contributed by atoms with E-state index in [1.165, 1.54) is 16.9 Å². The van der Waals surface area contributed by atoms with Crippen LogP contribution in [0.4, 0.5) is 0 Å². The van der Waals surface area contributed by atoms with Crippen LogP contribution >= 0.6 is 11.3 Å². The molecule has 0 bridgehead atoms. The topological polar surface area (TPSA) is 58.2 Å². The number of carbonyl (C=O) groups excluding carboxylic acids is 2. The summed E-state index contributed by atoms with van der Waals surface area (Å²) in [6.45, 7) is 6.87. The summed E-state index contributed by atoms with van der Waals surface area (Å²) in [6.07, 6.45) is 6.28. The van der Waals surface area contributed by atoms with E-state index in [1.807, 2.05) is 6.07 Å². The summed E-state index contributed by atoms with van der Waals surface area (Å²) in [6, 6.07) is 2.02. The van der Waals surface area contributed by atoms with Gasteiger partial charge in [0.2, 0.25) is 5.91 Å². The minimum Gasteiger partial charge on any atom is -0.273 e. The highest BCUT2D eigenvalue weighted by Gasteiger charge is 2.30. The number of carbonyl (C=O) groups is 2. The number of nitrogens with one attached hydrogen (secondary N) is 2. The molecule has 0 aliphatic heterocycles. The molecule has 1 aromatic rings. The maximum absolute atomic E-state index is 12.3. The molecule has 2 N–H and O–H groups in total. The largest absolute Gasteiger partial charge is 0.279 e. The third kappa shape index (κ3) is 3.60. The van der Waals surface area contributed by atoms with Crippen LogP contribution in [0.5, 0.6) is 0 Å². The molecule has 1 aromatic heterocycles. The zero-order valence-electron chi connectivity index (χ0n) is 14.2. The first kappa shape index (κ1) is 16.5. The van der Waals surface area contributed by atoms with Crippen LogP contribution in [0.25, 0.3) is 0 Å². The van der Waals surface area contributed by atoms with Crippen LogP contribution in [-0.4, -0.2) is 11.8 Å². The molecule has 1 atom stereocenters. The van der Waals surface area contributed by atoms with E-state index in [9.17, 15) is 9.59 Å². The van der Waals surface area contributed by atoms with Gasteiger partial charge in [0.25, 0.3) is 5.91 Å². The fraction of sp³-hybridized carbons (Fsp3) is 0.667. The molecule has 1 heterocycles. The molecule has 5 heteroatoms. The van der Waals surface area contributed by atoms with Gasteiger partial charge in [-0.3, -0.25) is 20.4 Å². The second-order valence-corrected chi connectivity index (χ2v) is 9.07. The first-order chi connectivity index (χ1) is 10.8. The van der Waals surface area contributed by atoms with Gasteiger partial charge in [0.1, 0.15) is 0 Å². The molecule has 0 saturated heterocycles. The number of thiophene rings is 1. The van der Waals surface area contributed by atoms with Gasteiger partial charge in [-0.15, -0.1) is 11.3 Å². The molecular formula is C18H26N2O2S. The van der Waals surface area contributed by atoms with Gasteiger partial charge < -0.3 is 0 Å². The molecule has 1 saturated carbocycles. The molecule has 2 aliphatic rings. The molecule has 126 valence electrons. The van der Waals surface area contributed by atoms with Gasteiger partial charge in [-0.05, 0) is 55.1 Å². The molecule has 0 spiro atoms. The number of rotatable bonds is 2. The van der Waals surface area contributed by atoms with Gasteiger partial charge >= 0.3 is 0 Å². The predicted molar refractivity (Wildman–Crippen MR) is 92.2 cm³/mol. The van der Waals surface area contributed by atoms with Crippen LogP contribution in [-0.2, 0) is 17.6 Å². The number of hydrogen-bond acceptors (Lipinski definition) is 3. The standard InChI is InChI=1S/C18H26N2O2S/c1-18(2,3)13-7-8-14-12(9-13)10-15(23-14)17(22)20-19-16(21)11-5-4-6-11/h10-11,13H,4-9H2,1-3H3,(H,19,21)(H,20,22)/t13-/m0/s1. The lowest BCUT2D eigenvalue weighted by Gasteiger charge is -2.33. The van der Waals surface area contributed by atoms with Crippen molar-refractivity contribution in [2.75, 3.05) is 0 Å². The SMILES string of the molecule is CC(C)(C)[C@H]1CCc2sc(C(=O)NNC(=O)C3CCC3)cc2C1. The highest BCUT2D eigenvalue weighted by Crippen LogP contribution is 2.40. The minimum absolute atomic E-state index is 0.0567. The first-order valence-corrected chi connectivity index (χ1v) is 9.38. The minimum atomic E-state index is -0.190. The quantitative estimate of drug-likeness (QED) is 0.814. The lowest BCUT2D eigenvalue weighted by molar-refractivity contribution is -0.128. The Bertz CT molecular complexity index is 611. The third-order valence-corrected chi connectivity index (χ3v) is 6.54. The van der Waals surface area contributed by atoms with E-state index in [2.05, 4.69) is 31.6 Å². The number of hydrazine groups is 1. The Kier molecular flexibility index (Phi) is 4.50. The fourth-order valence-electron chi connectivity index (χ4n) is 3.33. The Labute approximate surface area is 142 Å². The van der Waals surface area contributed by atoms with Crippen molar-refractivity contribution >= 4 is 23.2 Å². The maximum Gasteiger partial charge on any atom is 0.279 e. The lowest BCUT2D eigenvalue weighted by atomic mass is 9.72. The van der Waals surface area contributed by atoms with Crippen LogP contribution in [0.2, 0.25) is 0 Å². The van der Waals surface area contributed by atoms with Gasteiger partial charge in [-0.2, -0.15) is 0 Å². The maximum atomic E-state index is 12.3. The van der Waals surface area contributed by atoms with Gasteiger partial charge in [-0.25, -0.2) is 0 Å². The average Bonchev–Trinajstić information content (AvgIpc) is 2.84. The highest BCUT2D eigenvalue weighted by atomic mass is 32.1. The Morgan fingerprint density at radius 3 is 2.52 bits per heavy atom. The Hall–Kier alpha value is -1.36. The van der Waals surface area contributed by atoms with Crippen LogP contribution in [0.1, 0.15) is 66.6 Å². The van der Waals surface area contributed by atoms with E-state index >= 15 is 0 Å². The normalized spacial score (nSPS) is 21.3. The van der Waals surface area contributed by atoms with Gasteiger partial charge in [0.05, 0.1) is 4.88 Å². The average molecular weight is 334 g/mol. The summed E-state index contributed by atoms with van der Waals surface area (Å²) in [4.78, 5) is 26.1. The van der Waals surface area contributed by atoms with Crippen molar-refractivity contribution in [2.45, 2.75) is 59.3 Å². The van der Waals surface area contributed by atoms with E-state index in [4.69, 9.17) is 0 Å². The molecule has 0 radical (unpaired) electrons. The Morgan fingerprint density at radius 2 is 1.91 bits per heavy atom. The van der Waals surface area contributed by atoms with Crippen molar-refractivity contribution in [2.24, 2.45) is 17.3 Å². The van der Waals surface area contributed by atoms with Crippen LogP contribution in [0.15, 0.2) is 6.07 Å². The summed E-state index contributed by atoms with van der Waals surface area (Å²) < 4.78 is 0. The zero-order valence-corrected chi connectivity index (χ0v) is 15.0. The van der Waals surface area contributed by atoms with Crippen LogP contribution < -0.4 is 10.9 Å². The molecule has 4 nitrogen and oxygen atoms in total. The molecule has 0 aromatic carbocycles.